The maximum absolute atomic E-state index is 12.7. The standard InChI is InChI=1S/C19H17ClN2O3.Na/c1-3-11-7-4-5-9-13(11)21-18(24)16-17(23)15-12(20)8-6-10-14(15)22(2)19(16)25;/h4-10,23H,3H2,1-2H3,(H,21,24);/q;+1/p-1. The van der Waals surface area contributed by atoms with Gasteiger partial charge in [-0.3, -0.25) is 9.59 Å². The van der Waals surface area contributed by atoms with Crippen molar-refractivity contribution < 1.29 is 39.5 Å². The number of benzene rings is 2. The van der Waals surface area contributed by atoms with Crippen molar-refractivity contribution in [1.29, 1.82) is 0 Å². The van der Waals surface area contributed by atoms with Crippen LogP contribution in [-0.2, 0) is 13.5 Å². The van der Waals surface area contributed by atoms with E-state index >= 15 is 0 Å². The van der Waals surface area contributed by atoms with Gasteiger partial charge < -0.3 is 15.0 Å². The van der Waals surface area contributed by atoms with Crippen LogP contribution in [0.4, 0.5) is 5.69 Å². The molecule has 0 atom stereocenters. The minimum absolute atomic E-state index is 0. The second-order valence-electron chi connectivity index (χ2n) is 5.67. The molecule has 0 saturated heterocycles. The molecule has 7 heteroatoms. The number of carbonyl (C=O) groups is 1. The molecule has 0 bridgehead atoms. The average molecular weight is 379 g/mol. The van der Waals surface area contributed by atoms with Crippen molar-refractivity contribution in [2.75, 3.05) is 5.32 Å². The predicted octanol–water partition coefficient (Wildman–Crippen LogP) is 0.0842. The molecule has 0 aliphatic heterocycles. The van der Waals surface area contributed by atoms with Crippen molar-refractivity contribution in [3.05, 3.63) is 69.0 Å². The van der Waals surface area contributed by atoms with Crippen LogP contribution in [0.3, 0.4) is 0 Å². The van der Waals surface area contributed by atoms with Crippen molar-refractivity contribution in [3.63, 3.8) is 0 Å². The third kappa shape index (κ3) is 3.53. The van der Waals surface area contributed by atoms with Crippen LogP contribution >= 0.6 is 11.6 Å². The van der Waals surface area contributed by atoms with Crippen LogP contribution in [0, 0.1) is 0 Å². The van der Waals surface area contributed by atoms with E-state index in [1.54, 1.807) is 30.3 Å². The predicted molar refractivity (Wildman–Crippen MR) is 97.4 cm³/mol. The molecule has 1 heterocycles. The third-order valence-corrected chi connectivity index (χ3v) is 4.51. The summed E-state index contributed by atoms with van der Waals surface area (Å²) in [6.45, 7) is 1.96. The van der Waals surface area contributed by atoms with Gasteiger partial charge in [0.2, 0.25) is 0 Å². The first kappa shape index (κ1) is 20.5. The van der Waals surface area contributed by atoms with Crippen LogP contribution in [-0.4, -0.2) is 10.5 Å². The third-order valence-electron chi connectivity index (χ3n) is 4.20. The minimum atomic E-state index is -0.728. The molecule has 0 fully saturated rings. The Morgan fingerprint density at radius 1 is 1.19 bits per heavy atom. The maximum atomic E-state index is 12.7. The summed E-state index contributed by atoms with van der Waals surface area (Å²) in [5, 5.41) is 15.8. The number of carbonyl (C=O) groups excluding carboxylic acids is 1. The Morgan fingerprint density at radius 3 is 2.58 bits per heavy atom. The summed E-state index contributed by atoms with van der Waals surface area (Å²) in [5.74, 6) is -1.39. The van der Waals surface area contributed by atoms with Crippen LogP contribution < -0.4 is 45.5 Å². The first-order chi connectivity index (χ1) is 12.0. The Hall–Kier alpha value is -1.79. The first-order valence-corrected chi connectivity index (χ1v) is 8.21. The zero-order valence-corrected chi connectivity index (χ0v) is 17.6. The number of para-hydroxylation sites is 1. The number of fused-ring (bicyclic) bond motifs is 1. The summed E-state index contributed by atoms with van der Waals surface area (Å²) in [6.07, 6.45) is 0.711. The number of aromatic nitrogens is 1. The van der Waals surface area contributed by atoms with Gasteiger partial charge in [-0.2, -0.15) is 0 Å². The van der Waals surface area contributed by atoms with Gasteiger partial charge in [-0.15, -0.1) is 0 Å². The Balaban J connectivity index is 0.00000243. The summed E-state index contributed by atoms with van der Waals surface area (Å²) in [6, 6.07) is 12.1. The topological polar surface area (TPSA) is 74.2 Å². The van der Waals surface area contributed by atoms with Crippen molar-refractivity contribution >= 4 is 34.1 Å². The number of nitrogens with one attached hydrogen (secondary N) is 1. The van der Waals surface area contributed by atoms with E-state index in [2.05, 4.69) is 5.32 Å². The molecule has 0 aliphatic rings. The summed E-state index contributed by atoms with van der Waals surface area (Å²) in [5.41, 5.74) is 0.808. The fourth-order valence-corrected chi connectivity index (χ4v) is 3.11. The fourth-order valence-electron chi connectivity index (χ4n) is 2.85. The van der Waals surface area contributed by atoms with E-state index in [9.17, 15) is 14.7 Å². The average Bonchev–Trinajstić information content (AvgIpc) is 2.60. The molecular weight excluding hydrogens is 363 g/mol. The smallest absolute Gasteiger partial charge is 0.871 e. The zero-order chi connectivity index (χ0) is 18.1. The Bertz CT molecular complexity index is 1050. The summed E-state index contributed by atoms with van der Waals surface area (Å²) >= 11 is 6.12. The molecule has 0 aliphatic carbocycles. The molecule has 0 spiro atoms. The monoisotopic (exact) mass is 378 g/mol. The van der Waals surface area contributed by atoms with Gasteiger partial charge >= 0.3 is 29.6 Å². The van der Waals surface area contributed by atoms with Crippen LogP contribution in [0.1, 0.15) is 22.8 Å². The molecule has 1 amide bonds. The van der Waals surface area contributed by atoms with Gasteiger partial charge in [0.15, 0.2) is 0 Å². The fraction of sp³-hybridized carbons (Fsp3) is 0.158. The van der Waals surface area contributed by atoms with Crippen molar-refractivity contribution in [1.82, 2.24) is 4.57 Å². The van der Waals surface area contributed by atoms with Crippen LogP contribution in [0.25, 0.3) is 10.9 Å². The van der Waals surface area contributed by atoms with Gasteiger partial charge in [-0.05, 0) is 30.2 Å². The van der Waals surface area contributed by atoms with E-state index in [1.165, 1.54) is 11.6 Å². The molecular formula is C19H16ClN2NaO3. The second kappa shape index (κ2) is 8.27. The number of aryl methyl sites for hydroxylation is 2. The molecule has 1 aromatic heterocycles. The number of pyridine rings is 1. The number of amides is 1. The Morgan fingerprint density at radius 2 is 1.88 bits per heavy atom. The number of rotatable bonds is 3. The molecule has 0 unspecified atom stereocenters. The van der Waals surface area contributed by atoms with Gasteiger partial charge in [0, 0.05) is 23.1 Å². The largest absolute Gasteiger partial charge is 1.00 e. The molecule has 0 radical (unpaired) electrons. The van der Waals surface area contributed by atoms with Crippen LogP contribution in [0.2, 0.25) is 5.02 Å². The van der Waals surface area contributed by atoms with Crippen molar-refractivity contribution in [3.8, 4) is 5.75 Å². The van der Waals surface area contributed by atoms with Gasteiger partial charge in [0.05, 0.1) is 11.1 Å². The number of hydrogen-bond donors (Lipinski definition) is 1. The summed E-state index contributed by atoms with van der Waals surface area (Å²) in [7, 11) is 1.51. The number of nitrogens with zero attached hydrogens (tertiary/aromatic N) is 1. The quantitative estimate of drug-likeness (QED) is 0.656. The number of hydrogen-bond acceptors (Lipinski definition) is 3. The SMILES string of the molecule is CCc1ccccc1NC(=O)c1c([O-])c2c(Cl)cccc2n(C)c1=O.[Na+]. The first-order valence-electron chi connectivity index (χ1n) is 7.83. The number of halogens is 1. The summed E-state index contributed by atoms with van der Waals surface area (Å²) in [4.78, 5) is 25.2. The van der Waals surface area contributed by atoms with E-state index < -0.39 is 22.8 Å². The molecule has 0 saturated carbocycles. The van der Waals surface area contributed by atoms with E-state index in [0.29, 0.717) is 17.6 Å². The van der Waals surface area contributed by atoms with E-state index in [1.807, 2.05) is 19.1 Å². The molecule has 5 nitrogen and oxygen atoms in total. The van der Waals surface area contributed by atoms with Gasteiger partial charge in [0.25, 0.3) is 11.5 Å². The molecule has 1 N–H and O–H groups in total. The normalized spacial score (nSPS) is 10.4. The number of anilines is 1. The van der Waals surface area contributed by atoms with Gasteiger partial charge in [-0.1, -0.05) is 48.5 Å². The molecule has 26 heavy (non-hydrogen) atoms. The van der Waals surface area contributed by atoms with Crippen molar-refractivity contribution in [2.45, 2.75) is 13.3 Å². The summed E-state index contributed by atoms with van der Waals surface area (Å²) < 4.78 is 1.27. The zero-order valence-electron chi connectivity index (χ0n) is 14.8. The maximum Gasteiger partial charge on any atom is 1.00 e. The van der Waals surface area contributed by atoms with E-state index in [-0.39, 0.29) is 40.0 Å². The Labute approximate surface area is 177 Å². The van der Waals surface area contributed by atoms with E-state index in [0.717, 1.165) is 5.56 Å². The molecule has 2 aromatic carbocycles. The minimum Gasteiger partial charge on any atom is -0.871 e. The molecule has 128 valence electrons. The Kier molecular flexibility index (Phi) is 6.53. The van der Waals surface area contributed by atoms with Crippen LogP contribution in [0.15, 0.2) is 47.3 Å². The molecule has 3 aromatic rings. The van der Waals surface area contributed by atoms with E-state index in [4.69, 9.17) is 11.6 Å². The van der Waals surface area contributed by atoms with Crippen molar-refractivity contribution in [2.24, 2.45) is 7.05 Å². The van der Waals surface area contributed by atoms with Gasteiger partial charge in [-0.25, -0.2) is 0 Å². The van der Waals surface area contributed by atoms with Crippen LogP contribution in [0.5, 0.6) is 5.75 Å². The van der Waals surface area contributed by atoms with Gasteiger partial charge in [0.1, 0.15) is 0 Å². The second-order valence-corrected chi connectivity index (χ2v) is 6.07. The molecule has 3 rings (SSSR count).